The summed E-state index contributed by atoms with van der Waals surface area (Å²) in [6, 6.07) is 11.9. The van der Waals surface area contributed by atoms with E-state index in [0.29, 0.717) is 29.8 Å². The van der Waals surface area contributed by atoms with Crippen molar-refractivity contribution in [1.29, 1.82) is 0 Å². The van der Waals surface area contributed by atoms with Crippen molar-refractivity contribution in [2.75, 3.05) is 13.2 Å². The maximum absolute atomic E-state index is 10.8. The molecule has 0 N–H and O–H groups in total. The first-order valence-electron chi connectivity index (χ1n) is 8.86. The SMILES string of the molecule is C=CCOc1ccc(C=Nc2ncc(-c3ccc([N+](=O)[O-])cc3)s2)cc1OCC. The van der Waals surface area contributed by atoms with E-state index in [4.69, 9.17) is 9.47 Å². The van der Waals surface area contributed by atoms with Gasteiger partial charge in [-0.05, 0) is 48.4 Å². The Hall–Kier alpha value is -3.52. The van der Waals surface area contributed by atoms with Gasteiger partial charge in [-0.25, -0.2) is 9.98 Å². The lowest BCUT2D eigenvalue weighted by molar-refractivity contribution is -0.384. The van der Waals surface area contributed by atoms with Crippen molar-refractivity contribution in [3.8, 4) is 21.9 Å². The molecule has 0 aliphatic heterocycles. The number of thiazole rings is 1. The number of aliphatic imine (C=N–C) groups is 1. The van der Waals surface area contributed by atoms with E-state index in [2.05, 4.69) is 16.6 Å². The van der Waals surface area contributed by atoms with E-state index < -0.39 is 4.92 Å². The van der Waals surface area contributed by atoms with Crippen molar-refractivity contribution < 1.29 is 14.4 Å². The van der Waals surface area contributed by atoms with Crippen LogP contribution in [0.15, 0.2) is 66.3 Å². The highest BCUT2D eigenvalue weighted by Gasteiger charge is 2.08. The number of rotatable bonds is 9. The average Bonchev–Trinajstić information content (AvgIpc) is 3.21. The molecule has 1 aromatic heterocycles. The normalized spacial score (nSPS) is 10.8. The Balaban J connectivity index is 1.75. The van der Waals surface area contributed by atoms with Crippen LogP contribution in [0.2, 0.25) is 0 Å². The molecular weight excluding hydrogens is 390 g/mol. The second-order valence-electron chi connectivity index (χ2n) is 5.81. The molecule has 0 radical (unpaired) electrons. The van der Waals surface area contributed by atoms with Gasteiger partial charge >= 0.3 is 0 Å². The van der Waals surface area contributed by atoms with Gasteiger partial charge < -0.3 is 9.47 Å². The molecule has 0 unspecified atom stereocenters. The molecule has 7 nitrogen and oxygen atoms in total. The number of benzene rings is 2. The summed E-state index contributed by atoms with van der Waals surface area (Å²) in [5, 5.41) is 11.4. The van der Waals surface area contributed by atoms with Crippen molar-refractivity contribution in [3.63, 3.8) is 0 Å². The number of hydrogen-bond acceptors (Lipinski definition) is 7. The van der Waals surface area contributed by atoms with Crippen molar-refractivity contribution >= 4 is 28.4 Å². The second kappa shape index (κ2) is 9.61. The average molecular weight is 409 g/mol. The molecule has 0 fully saturated rings. The van der Waals surface area contributed by atoms with E-state index in [1.165, 1.54) is 23.5 Å². The molecule has 8 heteroatoms. The van der Waals surface area contributed by atoms with Gasteiger partial charge in [0, 0.05) is 24.5 Å². The monoisotopic (exact) mass is 409 g/mol. The molecule has 3 rings (SSSR count). The summed E-state index contributed by atoms with van der Waals surface area (Å²) in [7, 11) is 0. The van der Waals surface area contributed by atoms with Crippen LogP contribution in [0.4, 0.5) is 10.8 Å². The summed E-state index contributed by atoms with van der Waals surface area (Å²) in [5.41, 5.74) is 1.77. The van der Waals surface area contributed by atoms with Crippen molar-refractivity contribution in [3.05, 3.63) is 77.0 Å². The van der Waals surface area contributed by atoms with Crippen LogP contribution < -0.4 is 9.47 Å². The zero-order valence-electron chi connectivity index (χ0n) is 15.8. The summed E-state index contributed by atoms with van der Waals surface area (Å²) >= 11 is 1.40. The van der Waals surface area contributed by atoms with E-state index in [-0.39, 0.29) is 5.69 Å². The zero-order valence-corrected chi connectivity index (χ0v) is 16.6. The van der Waals surface area contributed by atoms with E-state index in [0.717, 1.165) is 16.0 Å². The van der Waals surface area contributed by atoms with Gasteiger partial charge in [-0.1, -0.05) is 24.0 Å². The molecule has 29 heavy (non-hydrogen) atoms. The Kier molecular flexibility index (Phi) is 6.70. The minimum absolute atomic E-state index is 0.0575. The molecule has 3 aromatic rings. The molecule has 148 valence electrons. The third kappa shape index (κ3) is 5.26. The van der Waals surface area contributed by atoms with Crippen molar-refractivity contribution in [2.45, 2.75) is 6.92 Å². The van der Waals surface area contributed by atoms with Gasteiger partial charge in [-0.15, -0.1) is 0 Å². The van der Waals surface area contributed by atoms with E-state index >= 15 is 0 Å². The molecule has 0 bridgehead atoms. The van der Waals surface area contributed by atoms with Crippen LogP contribution in [-0.2, 0) is 0 Å². The molecule has 0 aliphatic carbocycles. The summed E-state index contributed by atoms with van der Waals surface area (Å²) in [4.78, 5) is 20.0. The van der Waals surface area contributed by atoms with Crippen LogP contribution in [0.25, 0.3) is 10.4 Å². The standard InChI is InChI=1S/C21H19N3O4S/c1-3-11-28-18-10-5-15(12-19(18)27-4-2)13-22-21-23-14-20(29-21)16-6-8-17(9-7-16)24(25)26/h3,5-10,12-14H,1,4,11H2,2H3. The van der Waals surface area contributed by atoms with Crippen molar-refractivity contribution in [2.24, 2.45) is 4.99 Å². The number of aromatic nitrogens is 1. The highest BCUT2D eigenvalue weighted by atomic mass is 32.1. The van der Waals surface area contributed by atoms with Gasteiger partial charge in [0.25, 0.3) is 5.69 Å². The molecule has 2 aromatic carbocycles. The van der Waals surface area contributed by atoms with E-state index in [1.807, 2.05) is 25.1 Å². The Morgan fingerprint density at radius 2 is 2.00 bits per heavy atom. The summed E-state index contributed by atoms with van der Waals surface area (Å²) in [6.45, 7) is 6.48. The molecule has 0 aliphatic rings. The molecule has 0 spiro atoms. The number of nitrogens with zero attached hydrogens (tertiary/aromatic N) is 3. The number of ether oxygens (including phenoxy) is 2. The predicted molar refractivity (Wildman–Crippen MR) is 115 cm³/mol. The van der Waals surface area contributed by atoms with E-state index in [1.54, 1.807) is 30.6 Å². The van der Waals surface area contributed by atoms with Crippen molar-refractivity contribution in [1.82, 2.24) is 4.98 Å². The Labute approximate surface area is 172 Å². The molecule has 0 saturated heterocycles. The van der Waals surface area contributed by atoms with E-state index in [9.17, 15) is 10.1 Å². The molecule has 0 amide bonds. The zero-order chi connectivity index (χ0) is 20.6. The van der Waals surface area contributed by atoms with Gasteiger partial charge in [-0.3, -0.25) is 10.1 Å². The van der Waals surface area contributed by atoms with Gasteiger partial charge in [0.2, 0.25) is 5.13 Å². The van der Waals surface area contributed by atoms with Crippen LogP contribution in [0.5, 0.6) is 11.5 Å². The maximum Gasteiger partial charge on any atom is 0.269 e. The first-order valence-corrected chi connectivity index (χ1v) is 9.67. The summed E-state index contributed by atoms with van der Waals surface area (Å²) in [5.74, 6) is 1.29. The lowest BCUT2D eigenvalue weighted by Crippen LogP contribution is -1.99. The first-order chi connectivity index (χ1) is 14.1. The number of non-ortho nitro benzene ring substituents is 1. The fourth-order valence-corrected chi connectivity index (χ4v) is 3.24. The lowest BCUT2D eigenvalue weighted by atomic mass is 10.2. The Morgan fingerprint density at radius 3 is 2.69 bits per heavy atom. The van der Waals surface area contributed by atoms with Gasteiger partial charge in [0.1, 0.15) is 6.61 Å². The highest BCUT2D eigenvalue weighted by molar-refractivity contribution is 7.18. The van der Waals surface area contributed by atoms with Crippen LogP contribution >= 0.6 is 11.3 Å². The van der Waals surface area contributed by atoms with Crippen LogP contribution in [0.1, 0.15) is 12.5 Å². The summed E-state index contributed by atoms with van der Waals surface area (Å²) in [6.07, 6.45) is 5.09. The minimum atomic E-state index is -0.420. The number of hydrogen-bond donors (Lipinski definition) is 0. The third-order valence-electron chi connectivity index (χ3n) is 3.80. The Bertz CT molecular complexity index is 1030. The second-order valence-corrected chi connectivity index (χ2v) is 6.82. The quantitative estimate of drug-likeness (QED) is 0.203. The third-order valence-corrected chi connectivity index (χ3v) is 4.76. The number of nitro benzene ring substituents is 1. The van der Waals surface area contributed by atoms with Crippen LogP contribution in [0, 0.1) is 10.1 Å². The first kappa shape index (κ1) is 20.2. The minimum Gasteiger partial charge on any atom is -0.490 e. The fraction of sp³-hybridized carbons (Fsp3) is 0.143. The molecule has 0 atom stereocenters. The Morgan fingerprint density at radius 1 is 1.21 bits per heavy atom. The van der Waals surface area contributed by atoms with Crippen LogP contribution in [0.3, 0.4) is 0 Å². The molecular formula is C21H19N3O4S. The molecule has 1 heterocycles. The predicted octanol–water partition coefficient (Wildman–Crippen LogP) is 5.43. The summed E-state index contributed by atoms with van der Waals surface area (Å²) < 4.78 is 11.2. The lowest BCUT2D eigenvalue weighted by Gasteiger charge is -2.11. The number of nitro groups is 1. The maximum atomic E-state index is 10.8. The topological polar surface area (TPSA) is 86.9 Å². The largest absolute Gasteiger partial charge is 0.490 e. The smallest absolute Gasteiger partial charge is 0.269 e. The fourth-order valence-electron chi connectivity index (χ4n) is 2.48. The van der Waals surface area contributed by atoms with Gasteiger partial charge in [0.15, 0.2) is 11.5 Å². The molecule has 0 saturated carbocycles. The van der Waals surface area contributed by atoms with Crippen LogP contribution in [-0.4, -0.2) is 29.3 Å². The highest BCUT2D eigenvalue weighted by Crippen LogP contribution is 2.32. The van der Waals surface area contributed by atoms with Gasteiger partial charge in [-0.2, -0.15) is 0 Å². The van der Waals surface area contributed by atoms with Gasteiger partial charge in [0.05, 0.1) is 16.4 Å².